The molecule has 6 heteroatoms. The van der Waals surface area contributed by atoms with Crippen LogP contribution in [-0.2, 0) is 16.3 Å². The number of carbonyl (C=O) groups is 1. The average Bonchev–Trinajstić information content (AvgIpc) is 2.42. The minimum absolute atomic E-state index is 0.0773. The Balaban J connectivity index is 2.35. The summed E-state index contributed by atoms with van der Waals surface area (Å²) in [6.07, 6.45) is 0.755. The fourth-order valence-electron chi connectivity index (χ4n) is 2.07. The van der Waals surface area contributed by atoms with Gasteiger partial charge in [-0.25, -0.2) is 12.8 Å². The summed E-state index contributed by atoms with van der Waals surface area (Å²) in [6, 6.07) is 9.18. The molecule has 116 valence electrons. The van der Waals surface area contributed by atoms with E-state index in [0.29, 0.717) is 5.56 Å². The normalized spacial score (nSPS) is 11.5. The highest BCUT2D eigenvalue weighted by Crippen LogP contribution is 2.21. The summed E-state index contributed by atoms with van der Waals surface area (Å²) < 4.78 is 38.2. The van der Waals surface area contributed by atoms with Crippen molar-refractivity contribution in [3.8, 4) is 0 Å². The van der Waals surface area contributed by atoms with Crippen molar-refractivity contribution >= 4 is 31.6 Å². The second-order valence-electron chi connectivity index (χ2n) is 5.07. The third kappa shape index (κ3) is 3.62. The highest BCUT2D eigenvalue weighted by atomic mass is 79.9. The van der Waals surface area contributed by atoms with Crippen molar-refractivity contribution in [2.75, 3.05) is 6.26 Å². The van der Waals surface area contributed by atoms with E-state index < -0.39 is 15.7 Å². The lowest BCUT2D eigenvalue weighted by molar-refractivity contribution is 0.0991. The molecule has 22 heavy (non-hydrogen) atoms. The van der Waals surface area contributed by atoms with Gasteiger partial charge in [-0.2, -0.15) is 0 Å². The lowest BCUT2D eigenvalue weighted by Crippen LogP contribution is -2.09. The van der Waals surface area contributed by atoms with E-state index in [9.17, 15) is 17.6 Å². The number of benzene rings is 2. The van der Waals surface area contributed by atoms with Gasteiger partial charge < -0.3 is 0 Å². The Hall–Kier alpha value is -1.53. The van der Waals surface area contributed by atoms with Crippen molar-refractivity contribution in [1.82, 2.24) is 0 Å². The van der Waals surface area contributed by atoms with Crippen LogP contribution in [0.25, 0.3) is 0 Å². The molecule has 0 radical (unpaired) electrons. The minimum atomic E-state index is -3.66. The van der Waals surface area contributed by atoms with Gasteiger partial charge in [-0.3, -0.25) is 4.79 Å². The molecule has 0 amide bonds. The van der Waals surface area contributed by atoms with E-state index >= 15 is 0 Å². The van der Waals surface area contributed by atoms with Gasteiger partial charge in [0.1, 0.15) is 10.7 Å². The Bertz CT molecular complexity index is 844. The number of carbonyl (C=O) groups excluding carboxylic acids is 1. The quantitative estimate of drug-likeness (QED) is 0.754. The summed E-state index contributed by atoms with van der Waals surface area (Å²) in [7, 11) is -3.66. The maximum Gasteiger partial charge on any atom is 0.178 e. The molecule has 2 aromatic carbocycles. The van der Waals surface area contributed by atoms with Crippen molar-refractivity contribution in [3.05, 3.63) is 63.4 Å². The maximum absolute atomic E-state index is 14.2. The molecular formula is C16H14BrFO3S. The molecule has 0 N–H and O–H groups in total. The van der Waals surface area contributed by atoms with E-state index in [2.05, 4.69) is 15.9 Å². The minimum Gasteiger partial charge on any atom is -0.294 e. The fourth-order valence-corrected chi connectivity index (χ4v) is 3.10. The van der Waals surface area contributed by atoms with Crippen molar-refractivity contribution in [1.29, 1.82) is 0 Å². The Morgan fingerprint density at radius 1 is 1.23 bits per heavy atom. The molecule has 0 aliphatic rings. The first-order valence-corrected chi connectivity index (χ1v) is 9.15. The first-order valence-electron chi connectivity index (χ1n) is 6.47. The van der Waals surface area contributed by atoms with E-state index in [1.54, 1.807) is 18.2 Å². The number of sulfone groups is 1. The number of ketones is 1. The number of rotatable bonds is 4. The van der Waals surface area contributed by atoms with E-state index in [0.717, 1.165) is 16.3 Å². The molecule has 2 rings (SSSR count). The summed E-state index contributed by atoms with van der Waals surface area (Å²) >= 11 is 3.35. The number of Topliss-reactive ketones (excluding diaryl/α,β-unsaturated/α-hetero) is 1. The predicted molar refractivity (Wildman–Crippen MR) is 86.4 cm³/mol. The van der Waals surface area contributed by atoms with Crippen LogP contribution >= 0.6 is 15.9 Å². The van der Waals surface area contributed by atoms with Gasteiger partial charge in [-0.15, -0.1) is 0 Å². The second kappa shape index (κ2) is 6.30. The van der Waals surface area contributed by atoms with Crippen LogP contribution in [0.15, 0.2) is 45.8 Å². The molecular weight excluding hydrogens is 371 g/mol. The maximum atomic E-state index is 14.2. The monoisotopic (exact) mass is 384 g/mol. The molecule has 2 aromatic rings. The van der Waals surface area contributed by atoms with Crippen LogP contribution in [0.5, 0.6) is 0 Å². The molecule has 0 bridgehead atoms. The lowest BCUT2D eigenvalue weighted by Gasteiger charge is -2.08. The fraction of sp³-hybridized carbons (Fsp3) is 0.188. The number of hydrogen-bond donors (Lipinski definition) is 0. The topological polar surface area (TPSA) is 51.2 Å². The molecule has 0 aliphatic carbocycles. The highest BCUT2D eigenvalue weighted by molar-refractivity contribution is 9.10. The SMILES string of the molecule is Cc1cc(C(=O)Cc2cccc(S(C)(=O)=O)c2F)ccc1Br. The number of halogens is 2. The van der Waals surface area contributed by atoms with Crippen LogP contribution in [0, 0.1) is 12.7 Å². The largest absolute Gasteiger partial charge is 0.294 e. The van der Waals surface area contributed by atoms with E-state index in [1.807, 2.05) is 6.92 Å². The van der Waals surface area contributed by atoms with E-state index in [-0.39, 0.29) is 22.7 Å². The summed E-state index contributed by atoms with van der Waals surface area (Å²) in [5.41, 5.74) is 1.44. The van der Waals surface area contributed by atoms with Gasteiger partial charge in [0.25, 0.3) is 0 Å². The van der Waals surface area contributed by atoms with Gasteiger partial charge >= 0.3 is 0 Å². The van der Waals surface area contributed by atoms with E-state index in [4.69, 9.17) is 0 Å². The summed E-state index contributed by atoms with van der Waals surface area (Å²) in [5, 5.41) is 0. The van der Waals surface area contributed by atoms with Crippen molar-refractivity contribution in [2.45, 2.75) is 18.2 Å². The predicted octanol–water partition coefficient (Wildman–Crippen LogP) is 3.73. The van der Waals surface area contributed by atoms with Crippen LogP contribution in [0.1, 0.15) is 21.5 Å². The zero-order valence-corrected chi connectivity index (χ0v) is 14.5. The Morgan fingerprint density at radius 3 is 2.50 bits per heavy atom. The molecule has 0 saturated heterocycles. The van der Waals surface area contributed by atoms with Crippen LogP contribution in [-0.4, -0.2) is 20.5 Å². The second-order valence-corrected chi connectivity index (χ2v) is 7.90. The third-order valence-electron chi connectivity index (χ3n) is 3.27. The molecule has 0 heterocycles. The van der Waals surface area contributed by atoms with Crippen LogP contribution in [0.3, 0.4) is 0 Å². The Kier molecular flexibility index (Phi) is 4.82. The Labute approximate surface area is 137 Å². The summed E-state index contributed by atoms with van der Waals surface area (Å²) in [5.74, 6) is -1.12. The van der Waals surface area contributed by atoms with Crippen molar-refractivity contribution in [3.63, 3.8) is 0 Å². The Morgan fingerprint density at radius 2 is 1.91 bits per heavy atom. The van der Waals surface area contributed by atoms with E-state index in [1.165, 1.54) is 18.2 Å². The number of aryl methyl sites for hydroxylation is 1. The molecule has 0 aromatic heterocycles. The molecule has 0 spiro atoms. The van der Waals surface area contributed by atoms with Crippen LogP contribution in [0.4, 0.5) is 4.39 Å². The molecule has 0 atom stereocenters. The third-order valence-corrected chi connectivity index (χ3v) is 5.28. The smallest absolute Gasteiger partial charge is 0.178 e. The van der Waals surface area contributed by atoms with Gasteiger partial charge in [-0.05, 0) is 36.2 Å². The van der Waals surface area contributed by atoms with Gasteiger partial charge in [0, 0.05) is 22.7 Å². The molecule has 3 nitrogen and oxygen atoms in total. The first kappa shape index (κ1) is 16.8. The summed E-state index contributed by atoms with van der Waals surface area (Å²) in [4.78, 5) is 11.9. The van der Waals surface area contributed by atoms with Crippen molar-refractivity contribution < 1.29 is 17.6 Å². The van der Waals surface area contributed by atoms with Gasteiger partial charge in [-0.1, -0.05) is 34.1 Å². The first-order chi connectivity index (χ1) is 10.2. The standard InChI is InChI=1S/C16H14BrFO3S/c1-10-8-11(6-7-13(10)17)14(19)9-12-4-3-5-15(16(12)18)22(2,20)21/h3-8H,9H2,1-2H3. The molecule has 0 saturated carbocycles. The van der Waals surface area contributed by atoms with Gasteiger partial charge in [0.2, 0.25) is 0 Å². The highest BCUT2D eigenvalue weighted by Gasteiger charge is 2.18. The van der Waals surface area contributed by atoms with Gasteiger partial charge in [0.05, 0.1) is 0 Å². The molecule has 0 unspecified atom stereocenters. The average molecular weight is 385 g/mol. The molecule has 0 aliphatic heterocycles. The van der Waals surface area contributed by atoms with Crippen LogP contribution < -0.4 is 0 Å². The van der Waals surface area contributed by atoms with Crippen molar-refractivity contribution in [2.24, 2.45) is 0 Å². The summed E-state index contributed by atoms with van der Waals surface area (Å²) in [6.45, 7) is 1.85. The zero-order valence-electron chi connectivity index (χ0n) is 12.1. The number of hydrogen-bond acceptors (Lipinski definition) is 3. The van der Waals surface area contributed by atoms with Gasteiger partial charge in [0.15, 0.2) is 15.6 Å². The van der Waals surface area contributed by atoms with Crippen LogP contribution in [0.2, 0.25) is 0 Å². The zero-order chi connectivity index (χ0) is 16.5. The molecule has 0 fully saturated rings. The lowest BCUT2D eigenvalue weighted by atomic mass is 10.0.